The van der Waals surface area contributed by atoms with Gasteiger partial charge in [-0.05, 0) is 38.7 Å². The Morgan fingerprint density at radius 1 is 1.24 bits per heavy atom. The van der Waals surface area contributed by atoms with E-state index in [1.54, 1.807) is 0 Å². The second-order valence-electron chi connectivity index (χ2n) is 6.04. The van der Waals surface area contributed by atoms with E-state index in [-0.39, 0.29) is 5.60 Å². The zero-order chi connectivity index (χ0) is 12.4. The zero-order valence-electron chi connectivity index (χ0n) is 11.4. The second kappa shape index (κ2) is 5.33. The van der Waals surface area contributed by atoms with E-state index >= 15 is 0 Å². The molecule has 2 rings (SSSR count). The molecule has 5 heteroatoms. The molecule has 0 aromatic rings. The normalized spacial score (nSPS) is 32.4. The Hall–Kier alpha value is 0.00987. The molecule has 1 saturated carbocycles. The third-order valence-electron chi connectivity index (χ3n) is 4.64. The Morgan fingerprint density at radius 3 is 2.59 bits per heavy atom. The SMILES string of the molecule is BCN(B)CCC1(O)CCOC2(CCCC2)C1. The van der Waals surface area contributed by atoms with E-state index in [0.29, 0.717) is 0 Å². The summed E-state index contributed by atoms with van der Waals surface area (Å²) in [6.45, 7) is 1.73. The average Bonchev–Trinajstić information content (AvgIpc) is 2.74. The number of ether oxygens (including phenoxy) is 1. The molecule has 96 valence electrons. The molecule has 2 aliphatic rings. The van der Waals surface area contributed by atoms with Crippen molar-refractivity contribution in [3.05, 3.63) is 0 Å². The predicted molar refractivity (Wildman–Crippen MR) is 74.6 cm³/mol. The molecule has 1 atom stereocenters. The van der Waals surface area contributed by atoms with Crippen molar-refractivity contribution in [3.63, 3.8) is 0 Å². The van der Waals surface area contributed by atoms with Crippen molar-refractivity contribution in [3.8, 4) is 0 Å². The van der Waals surface area contributed by atoms with Crippen molar-refractivity contribution in [2.24, 2.45) is 0 Å². The second-order valence-corrected chi connectivity index (χ2v) is 6.04. The van der Waals surface area contributed by atoms with Gasteiger partial charge >= 0.3 is 0 Å². The van der Waals surface area contributed by atoms with Gasteiger partial charge in [0.25, 0.3) is 0 Å². The third-order valence-corrected chi connectivity index (χ3v) is 4.64. The van der Waals surface area contributed by atoms with E-state index in [1.165, 1.54) is 12.8 Å². The summed E-state index contributed by atoms with van der Waals surface area (Å²) in [7, 11) is 4.28. The molecule has 2 fully saturated rings. The van der Waals surface area contributed by atoms with Crippen LogP contribution >= 0.6 is 0 Å². The highest BCUT2D eigenvalue weighted by Crippen LogP contribution is 2.44. The van der Waals surface area contributed by atoms with Crippen LogP contribution in [0.5, 0.6) is 0 Å². The summed E-state index contributed by atoms with van der Waals surface area (Å²) in [5, 5.41) is 10.7. The predicted octanol–water partition coefficient (Wildman–Crippen LogP) is -0.329. The lowest BCUT2D eigenvalue weighted by Crippen LogP contribution is -2.49. The molecule has 0 aromatic heterocycles. The summed E-state index contributed by atoms with van der Waals surface area (Å²) in [5.41, 5.74) is -0.455. The lowest BCUT2D eigenvalue weighted by atomic mass is 9.79. The van der Waals surface area contributed by atoms with E-state index in [9.17, 15) is 5.11 Å². The van der Waals surface area contributed by atoms with Crippen LogP contribution in [-0.2, 0) is 4.74 Å². The fourth-order valence-electron chi connectivity index (χ4n) is 3.31. The molecular formula is C12H25B2NO2. The smallest absolute Gasteiger partial charge is 0.184 e. The van der Waals surface area contributed by atoms with E-state index in [4.69, 9.17) is 4.74 Å². The lowest BCUT2D eigenvalue weighted by molar-refractivity contribution is -0.159. The van der Waals surface area contributed by atoms with Crippen LogP contribution < -0.4 is 0 Å². The van der Waals surface area contributed by atoms with Gasteiger partial charge in [0.05, 0.1) is 17.8 Å². The highest BCUT2D eigenvalue weighted by molar-refractivity contribution is 6.14. The van der Waals surface area contributed by atoms with E-state index in [1.807, 2.05) is 0 Å². The standard InChI is InChI=1S/C12H25B2NO2/c13-10-15(14)7-5-11(16)6-8-17-12(9-11)3-1-2-4-12/h16H,1-10,13-14H2. The van der Waals surface area contributed by atoms with Crippen LogP contribution in [0.15, 0.2) is 0 Å². The summed E-state index contributed by atoms with van der Waals surface area (Å²) in [5.74, 6) is 0. The van der Waals surface area contributed by atoms with Gasteiger partial charge in [-0.15, -0.1) is 0 Å². The summed E-state index contributed by atoms with van der Waals surface area (Å²) >= 11 is 0. The molecule has 1 aliphatic heterocycles. The monoisotopic (exact) mass is 237 g/mol. The van der Waals surface area contributed by atoms with E-state index < -0.39 is 5.60 Å². The number of hydrogen-bond acceptors (Lipinski definition) is 3. The molecule has 0 amide bonds. The van der Waals surface area contributed by atoms with Crippen molar-refractivity contribution in [2.45, 2.75) is 56.1 Å². The highest BCUT2D eigenvalue weighted by Gasteiger charge is 2.45. The Bertz CT molecular complexity index is 259. The van der Waals surface area contributed by atoms with Crippen LogP contribution in [0, 0.1) is 0 Å². The van der Waals surface area contributed by atoms with Crippen molar-refractivity contribution in [2.75, 3.05) is 19.6 Å². The third kappa shape index (κ3) is 3.27. The zero-order valence-corrected chi connectivity index (χ0v) is 11.4. The quantitative estimate of drug-likeness (QED) is 0.679. The molecule has 0 aromatic carbocycles. The first-order valence-corrected chi connectivity index (χ1v) is 7.12. The molecule has 3 nitrogen and oxygen atoms in total. The summed E-state index contributed by atoms with van der Waals surface area (Å²) in [4.78, 5) is 2.27. The van der Waals surface area contributed by atoms with Gasteiger partial charge in [-0.3, -0.25) is 0 Å². The van der Waals surface area contributed by atoms with Crippen molar-refractivity contribution in [1.82, 2.24) is 4.81 Å². The average molecular weight is 237 g/mol. The van der Waals surface area contributed by atoms with Crippen LogP contribution in [0.4, 0.5) is 0 Å². The molecule has 1 saturated heterocycles. The largest absolute Gasteiger partial charge is 0.390 e. The first-order valence-electron chi connectivity index (χ1n) is 7.12. The fraction of sp³-hybridized carbons (Fsp3) is 1.00. The summed E-state index contributed by atoms with van der Waals surface area (Å²) < 4.78 is 5.98. The maximum Gasteiger partial charge on any atom is 0.184 e. The maximum absolute atomic E-state index is 10.7. The molecular weight excluding hydrogens is 212 g/mol. The number of nitrogens with zero attached hydrogens (tertiary/aromatic N) is 1. The number of aliphatic hydroxyl groups is 1. The van der Waals surface area contributed by atoms with Crippen molar-refractivity contribution in [1.29, 1.82) is 0 Å². The van der Waals surface area contributed by atoms with Crippen molar-refractivity contribution < 1.29 is 9.84 Å². The minimum absolute atomic E-state index is 0.0256. The van der Waals surface area contributed by atoms with Gasteiger partial charge in [0.15, 0.2) is 7.98 Å². The first kappa shape index (κ1) is 13.4. The number of hydrogen-bond donors (Lipinski definition) is 1. The Morgan fingerprint density at radius 2 is 1.94 bits per heavy atom. The van der Waals surface area contributed by atoms with E-state index in [0.717, 1.165) is 51.7 Å². The minimum atomic E-state index is -0.480. The Labute approximate surface area is 107 Å². The van der Waals surface area contributed by atoms with Gasteiger partial charge in [0, 0.05) is 6.42 Å². The van der Waals surface area contributed by atoms with Gasteiger partial charge in [0.1, 0.15) is 7.85 Å². The molecule has 0 radical (unpaired) electrons. The van der Waals surface area contributed by atoms with Crippen LogP contribution in [0.3, 0.4) is 0 Å². The first-order chi connectivity index (χ1) is 8.08. The summed E-state index contributed by atoms with van der Waals surface area (Å²) in [6.07, 6.45) is 8.46. The van der Waals surface area contributed by atoms with Crippen LogP contribution in [0.25, 0.3) is 0 Å². The van der Waals surface area contributed by atoms with Gasteiger partial charge in [-0.2, -0.15) is 0 Å². The molecule has 1 heterocycles. The Kier molecular flexibility index (Phi) is 4.22. The maximum atomic E-state index is 10.7. The van der Waals surface area contributed by atoms with Gasteiger partial charge in [-0.25, -0.2) is 0 Å². The molecule has 1 spiro atoms. The van der Waals surface area contributed by atoms with Gasteiger partial charge in [-0.1, -0.05) is 12.8 Å². The summed E-state index contributed by atoms with van der Waals surface area (Å²) in [6, 6.07) is 0. The van der Waals surface area contributed by atoms with Crippen LogP contribution in [0.2, 0.25) is 0 Å². The van der Waals surface area contributed by atoms with Gasteiger partial charge < -0.3 is 14.7 Å². The lowest BCUT2D eigenvalue weighted by Gasteiger charge is -2.44. The molecule has 0 bridgehead atoms. The fourth-order valence-corrected chi connectivity index (χ4v) is 3.31. The topological polar surface area (TPSA) is 32.7 Å². The van der Waals surface area contributed by atoms with E-state index in [2.05, 4.69) is 20.6 Å². The molecule has 1 N–H and O–H groups in total. The van der Waals surface area contributed by atoms with Crippen LogP contribution in [0.1, 0.15) is 44.9 Å². The molecule has 1 unspecified atom stereocenters. The molecule has 1 aliphatic carbocycles. The highest BCUT2D eigenvalue weighted by atomic mass is 16.5. The number of rotatable bonds is 4. The minimum Gasteiger partial charge on any atom is -0.390 e. The Balaban J connectivity index is 1.90. The van der Waals surface area contributed by atoms with Gasteiger partial charge in [0.2, 0.25) is 0 Å². The van der Waals surface area contributed by atoms with Crippen molar-refractivity contribution >= 4 is 15.8 Å². The van der Waals surface area contributed by atoms with Crippen LogP contribution in [-0.4, -0.2) is 56.5 Å². The molecule has 17 heavy (non-hydrogen) atoms.